The van der Waals surface area contributed by atoms with Crippen LogP contribution in [-0.4, -0.2) is 46.5 Å². The Morgan fingerprint density at radius 3 is 2.27 bits per heavy atom. The molecule has 1 aliphatic heterocycles. The fourth-order valence-corrected chi connectivity index (χ4v) is 6.57. The van der Waals surface area contributed by atoms with Gasteiger partial charge in [0.15, 0.2) is 5.78 Å². The number of nitro benzene ring substituents is 1. The lowest BCUT2D eigenvalue weighted by atomic mass is 9.56. The zero-order valence-electron chi connectivity index (χ0n) is 22.7. The van der Waals surface area contributed by atoms with Crippen molar-refractivity contribution in [3.63, 3.8) is 0 Å². The van der Waals surface area contributed by atoms with Crippen LogP contribution < -0.4 is 5.32 Å². The number of ketones is 1. The van der Waals surface area contributed by atoms with E-state index in [1.54, 1.807) is 56.3 Å². The number of carbonyl (C=O) groups is 3. The van der Waals surface area contributed by atoms with Gasteiger partial charge in [0.2, 0.25) is 5.54 Å². The number of phenols is 1. The molecule has 1 aliphatic carbocycles. The summed E-state index contributed by atoms with van der Waals surface area (Å²) in [5, 5.41) is 26.0. The van der Waals surface area contributed by atoms with Gasteiger partial charge in [-0.15, -0.1) is 0 Å². The second-order valence-corrected chi connectivity index (χ2v) is 10.2. The average Bonchev–Trinajstić information content (AvgIpc) is 3.28. The van der Waals surface area contributed by atoms with Crippen molar-refractivity contribution >= 4 is 23.4 Å². The Bertz CT molecular complexity index is 1500. The molecule has 41 heavy (non-hydrogen) atoms. The highest BCUT2D eigenvalue weighted by Gasteiger charge is 2.74. The topological polar surface area (TPSA) is 145 Å². The highest BCUT2D eigenvalue weighted by atomic mass is 16.6. The molecule has 3 aromatic carbocycles. The molecule has 2 N–H and O–H groups in total. The van der Waals surface area contributed by atoms with Gasteiger partial charge in [-0.2, -0.15) is 0 Å². The zero-order chi connectivity index (χ0) is 29.4. The van der Waals surface area contributed by atoms with Crippen LogP contribution in [0.3, 0.4) is 0 Å². The maximum atomic E-state index is 14.8. The van der Waals surface area contributed by atoms with E-state index in [1.807, 2.05) is 12.1 Å². The van der Waals surface area contributed by atoms with Gasteiger partial charge in [0.25, 0.3) is 5.69 Å². The van der Waals surface area contributed by atoms with Crippen LogP contribution in [0.2, 0.25) is 0 Å². The number of benzene rings is 3. The SMILES string of the molecule is CCOC(=O)C1(C(=O)OCC)N[C@H](c2cc([N+](=O)[O-])ccc2O)[C@@]2(CCc3ccccc3C2=O)[C@H]1c1ccccc1. The number of aromatic hydroxyl groups is 1. The Hall–Kier alpha value is -4.57. The van der Waals surface area contributed by atoms with Crippen LogP contribution in [0.25, 0.3) is 0 Å². The third-order valence-electron chi connectivity index (χ3n) is 8.19. The Balaban J connectivity index is 1.89. The highest BCUT2D eigenvalue weighted by molar-refractivity contribution is 6.12. The number of hydrogen-bond donors (Lipinski definition) is 2. The van der Waals surface area contributed by atoms with Crippen molar-refractivity contribution in [3.8, 4) is 5.75 Å². The summed E-state index contributed by atoms with van der Waals surface area (Å²) in [4.78, 5) is 54.0. The van der Waals surface area contributed by atoms with Crippen LogP contribution in [0.5, 0.6) is 5.75 Å². The third kappa shape index (κ3) is 4.26. The van der Waals surface area contributed by atoms with E-state index in [1.165, 1.54) is 12.1 Å². The summed E-state index contributed by atoms with van der Waals surface area (Å²) in [6, 6.07) is 18.1. The predicted molar refractivity (Wildman–Crippen MR) is 147 cm³/mol. The molecular formula is C31H30N2O8. The van der Waals surface area contributed by atoms with Gasteiger partial charge < -0.3 is 14.6 Å². The Morgan fingerprint density at radius 1 is 1.00 bits per heavy atom. The number of hydrogen-bond acceptors (Lipinski definition) is 9. The molecule has 2 aliphatic rings. The van der Waals surface area contributed by atoms with Crippen molar-refractivity contribution in [1.82, 2.24) is 5.32 Å². The zero-order valence-corrected chi connectivity index (χ0v) is 22.7. The van der Waals surface area contributed by atoms with Gasteiger partial charge in [-0.05, 0) is 43.9 Å². The number of Topliss-reactive ketones (excluding diaryl/α,β-unsaturated/α-hetero) is 1. The number of nitrogens with one attached hydrogen (secondary N) is 1. The minimum Gasteiger partial charge on any atom is -0.508 e. The molecule has 0 saturated carbocycles. The van der Waals surface area contributed by atoms with E-state index in [0.29, 0.717) is 17.5 Å². The number of rotatable bonds is 7. The molecule has 0 amide bonds. The number of ether oxygens (including phenoxy) is 2. The second kappa shape index (κ2) is 10.8. The fourth-order valence-electron chi connectivity index (χ4n) is 6.57. The van der Waals surface area contributed by atoms with E-state index in [2.05, 4.69) is 5.32 Å². The second-order valence-electron chi connectivity index (χ2n) is 10.2. The maximum absolute atomic E-state index is 14.8. The van der Waals surface area contributed by atoms with Crippen molar-refractivity contribution < 1.29 is 33.9 Å². The Kier molecular flexibility index (Phi) is 7.35. The molecular weight excluding hydrogens is 528 g/mol. The van der Waals surface area contributed by atoms with E-state index in [9.17, 15) is 29.6 Å². The van der Waals surface area contributed by atoms with Crippen molar-refractivity contribution in [2.24, 2.45) is 5.41 Å². The normalized spacial score (nSPS) is 22.6. The molecule has 0 aromatic heterocycles. The van der Waals surface area contributed by atoms with Crippen LogP contribution in [0.4, 0.5) is 5.69 Å². The number of nitrogens with zero attached hydrogens (tertiary/aromatic N) is 1. The number of fused-ring (bicyclic) bond motifs is 1. The van der Waals surface area contributed by atoms with Crippen molar-refractivity contribution in [2.45, 2.75) is 44.2 Å². The summed E-state index contributed by atoms with van der Waals surface area (Å²) < 4.78 is 11.0. The van der Waals surface area contributed by atoms with Gasteiger partial charge in [-0.25, -0.2) is 9.59 Å². The lowest BCUT2D eigenvalue weighted by Gasteiger charge is -2.43. The monoisotopic (exact) mass is 558 g/mol. The highest BCUT2D eigenvalue weighted by Crippen LogP contribution is 2.63. The first-order valence-corrected chi connectivity index (χ1v) is 13.5. The van der Waals surface area contributed by atoms with E-state index < -0.39 is 39.8 Å². The molecule has 1 fully saturated rings. The van der Waals surface area contributed by atoms with E-state index in [0.717, 1.165) is 11.6 Å². The van der Waals surface area contributed by atoms with Crippen molar-refractivity contribution in [2.75, 3.05) is 13.2 Å². The number of esters is 2. The summed E-state index contributed by atoms with van der Waals surface area (Å²) in [6.07, 6.45) is 0.587. The molecule has 5 rings (SSSR count). The summed E-state index contributed by atoms with van der Waals surface area (Å²) >= 11 is 0. The molecule has 1 saturated heterocycles. The minimum atomic E-state index is -2.21. The number of phenolic OH excluding ortho intramolecular Hbond substituents is 1. The summed E-state index contributed by atoms with van der Waals surface area (Å²) in [5.41, 5.74) is -2.34. The fraction of sp³-hybridized carbons (Fsp3) is 0.323. The third-order valence-corrected chi connectivity index (χ3v) is 8.19. The first-order chi connectivity index (χ1) is 19.7. The van der Waals surface area contributed by atoms with Crippen LogP contribution in [-0.2, 0) is 25.5 Å². The molecule has 0 unspecified atom stereocenters. The van der Waals surface area contributed by atoms with Crippen LogP contribution >= 0.6 is 0 Å². The molecule has 10 nitrogen and oxygen atoms in total. The average molecular weight is 559 g/mol. The number of aryl methyl sites for hydroxylation is 1. The van der Waals surface area contributed by atoms with Crippen LogP contribution in [0, 0.1) is 15.5 Å². The molecule has 212 valence electrons. The van der Waals surface area contributed by atoms with Gasteiger partial charge >= 0.3 is 11.9 Å². The molecule has 3 aromatic rings. The minimum absolute atomic E-state index is 0.0170. The standard InChI is InChI=1S/C31H30N2O8/c1-3-40-28(36)31(29(37)41-4-2)25(20-11-6-5-7-12-20)30(17-16-19-10-8-9-13-22(19)27(30)35)26(32-31)23-18-21(33(38)39)14-15-24(23)34/h5-15,18,25-26,32,34H,3-4,16-17H2,1-2H3/t25-,26-,30-/m1/s1. The first kappa shape index (κ1) is 28.0. The van der Waals surface area contributed by atoms with E-state index in [4.69, 9.17) is 9.47 Å². The number of non-ortho nitro benzene ring substituents is 1. The Morgan fingerprint density at radius 2 is 1.63 bits per heavy atom. The van der Waals surface area contributed by atoms with Gasteiger partial charge in [-0.3, -0.25) is 20.2 Å². The van der Waals surface area contributed by atoms with Gasteiger partial charge in [0.1, 0.15) is 5.75 Å². The molecule has 0 bridgehead atoms. The largest absolute Gasteiger partial charge is 0.508 e. The first-order valence-electron chi connectivity index (χ1n) is 13.5. The van der Waals surface area contributed by atoms with Gasteiger partial charge in [0.05, 0.1) is 29.6 Å². The summed E-state index contributed by atoms with van der Waals surface area (Å²) in [6.45, 7) is 3.09. The lowest BCUT2D eigenvalue weighted by Crippen LogP contribution is -2.60. The molecule has 0 radical (unpaired) electrons. The van der Waals surface area contributed by atoms with Crippen molar-refractivity contribution in [3.05, 3.63) is 105 Å². The lowest BCUT2D eigenvalue weighted by molar-refractivity contribution is -0.385. The maximum Gasteiger partial charge on any atom is 0.338 e. The molecule has 1 spiro atoms. The van der Waals surface area contributed by atoms with Crippen LogP contribution in [0.15, 0.2) is 72.8 Å². The van der Waals surface area contributed by atoms with Crippen LogP contribution in [0.1, 0.15) is 59.3 Å². The molecule has 3 atom stereocenters. The summed E-state index contributed by atoms with van der Waals surface area (Å²) in [5.74, 6) is -3.71. The smallest absolute Gasteiger partial charge is 0.338 e. The number of nitro groups is 1. The van der Waals surface area contributed by atoms with Crippen molar-refractivity contribution in [1.29, 1.82) is 0 Å². The van der Waals surface area contributed by atoms with E-state index in [-0.39, 0.29) is 42.4 Å². The van der Waals surface area contributed by atoms with Gasteiger partial charge in [0, 0.05) is 29.2 Å². The molecule has 10 heteroatoms. The number of carbonyl (C=O) groups excluding carboxylic acids is 3. The van der Waals surface area contributed by atoms with E-state index >= 15 is 0 Å². The predicted octanol–water partition coefficient (Wildman–Crippen LogP) is 4.41. The quantitative estimate of drug-likeness (QED) is 0.186. The summed E-state index contributed by atoms with van der Waals surface area (Å²) in [7, 11) is 0. The Labute approximate surface area is 236 Å². The van der Waals surface area contributed by atoms with Gasteiger partial charge in [-0.1, -0.05) is 54.6 Å². The molecule has 1 heterocycles.